The van der Waals surface area contributed by atoms with E-state index in [0.717, 1.165) is 22.6 Å². The highest BCUT2D eigenvalue weighted by Crippen LogP contribution is 2.28. The van der Waals surface area contributed by atoms with Crippen molar-refractivity contribution in [3.05, 3.63) is 72.2 Å². The zero-order valence-corrected chi connectivity index (χ0v) is 12.4. The maximum absolute atomic E-state index is 11.2. The van der Waals surface area contributed by atoms with Crippen molar-refractivity contribution in [2.24, 2.45) is 0 Å². The van der Waals surface area contributed by atoms with Crippen molar-refractivity contribution >= 4 is 5.97 Å². The van der Waals surface area contributed by atoms with Crippen molar-refractivity contribution in [3.8, 4) is 17.0 Å². The first kappa shape index (κ1) is 14.8. The Balaban J connectivity index is 1.72. The van der Waals surface area contributed by atoms with Gasteiger partial charge in [-0.25, -0.2) is 9.78 Å². The van der Waals surface area contributed by atoms with Gasteiger partial charge in [-0.1, -0.05) is 30.3 Å². The molecule has 0 aliphatic rings. The molecule has 5 heteroatoms. The van der Waals surface area contributed by atoms with E-state index >= 15 is 0 Å². The summed E-state index contributed by atoms with van der Waals surface area (Å²) in [7, 11) is 0. The van der Waals surface area contributed by atoms with Crippen LogP contribution in [0.4, 0.5) is 0 Å². The van der Waals surface area contributed by atoms with E-state index in [2.05, 4.69) is 9.97 Å². The summed E-state index contributed by atoms with van der Waals surface area (Å²) in [5.41, 5.74) is 2.79. The lowest BCUT2D eigenvalue weighted by Gasteiger charge is -2.11. The van der Waals surface area contributed by atoms with Crippen LogP contribution in [0.5, 0.6) is 5.75 Å². The SMILES string of the molecule is O=C(O)c1ccccc1CCOc1ccccc1-c1c[nH]cn1. The summed E-state index contributed by atoms with van der Waals surface area (Å²) < 4.78 is 5.85. The number of aromatic nitrogens is 2. The number of nitrogens with zero attached hydrogens (tertiary/aromatic N) is 1. The summed E-state index contributed by atoms with van der Waals surface area (Å²) in [5, 5.41) is 9.20. The standard InChI is InChI=1S/C18H16N2O3/c21-18(22)14-6-2-1-5-13(14)9-10-23-17-8-4-3-7-15(17)16-11-19-12-20-16/h1-8,11-12H,9-10H2,(H,19,20)(H,21,22). The van der Waals surface area contributed by atoms with E-state index in [9.17, 15) is 9.90 Å². The Kier molecular flexibility index (Phi) is 4.38. The summed E-state index contributed by atoms with van der Waals surface area (Å²) in [4.78, 5) is 18.4. The molecule has 0 radical (unpaired) electrons. The molecule has 0 atom stereocenters. The third kappa shape index (κ3) is 3.40. The monoisotopic (exact) mass is 308 g/mol. The van der Waals surface area contributed by atoms with E-state index in [1.165, 1.54) is 0 Å². The molecule has 2 aromatic carbocycles. The van der Waals surface area contributed by atoms with Crippen molar-refractivity contribution in [2.75, 3.05) is 6.61 Å². The first-order valence-corrected chi connectivity index (χ1v) is 7.28. The molecule has 23 heavy (non-hydrogen) atoms. The van der Waals surface area contributed by atoms with Crippen molar-refractivity contribution < 1.29 is 14.6 Å². The topological polar surface area (TPSA) is 75.2 Å². The molecule has 1 heterocycles. The summed E-state index contributed by atoms with van der Waals surface area (Å²) in [6, 6.07) is 14.6. The van der Waals surface area contributed by atoms with E-state index in [1.807, 2.05) is 42.6 Å². The Morgan fingerprint density at radius 1 is 1.13 bits per heavy atom. The van der Waals surface area contributed by atoms with Gasteiger partial charge >= 0.3 is 5.97 Å². The predicted octanol–water partition coefficient (Wildman–Crippen LogP) is 3.40. The van der Waals surface area contributed by atoms with Crippen molar-refractivity contribution in [3.63, 3.8) is 0 Å². The minimum absolute atomic E-state index is 0.316. The first-order chi connectivity index (χ1) is 11.3. The molecule has 5 nitrogen and oxygen atoms in total. The molecule has 0 bridgehead atoms. The number of ether oxygens (including phenoxy) is 1. The van der Waals surface area contributed by atoms with E-state index in [4.69, 9.17) is 4.74 Å². The Labute approximate surface area is 133 Å². The van der Waals surface area contributed by atoms with Gasteiger partial charge in [0.15, 0.2) is 0 Å². The van der Waals surface area contributed by atoms with Crippen LogP contribution in [0.1, 0.15) is 15.9 Å². The average Bonchev–Trinajstić information content (AvgIpc) is 3.10. The number of imidazole rings is 1. The molecule has 0 saturated carbocycles. The van der Waals surface area contributed by atoms with Crippen molar-refractivity contribution in [1.82, 2.24) is 9.97 Å². The second kappa shape index (κ2) is 6.79. The second-order valence-electron chi connectivity index (χ2n) is 5.01. The maximum atomic E-state index is 11.2. The fourth-order valence-electron chi connectivity index (χ4n) is 2.43. The van der Waals surface area contributed by atoms with Crippen LogP contribution in [-0.4, -0.2) is 27.7 Å². The molecule has 3 aromatic rings. The van der Waals surface area contributed by atoms with Gasteiger partial charge in [-0.05, 0) is 23.8 Å². The lowest BCUT2D eigenvalue weighted by molar-refractivity contribution is 0.0695. The number of hydrogen-bond donors (Lipinski definition) is 2. The molecule has 2 N–H and O–H groups in total. The van der Waals surface area contributed by atoms with Crippen LogP contribution >= 0.6 is 0 Å². The number of aromatic amines is 1. The minimum atomic E-state index is -0.919. The van der Waals surface area contributed by atoms with Gasteiger partial charge in [0, 0.05) is 18.2 Å². The number of nitrogens with one attached hydrogen (secondary N) is 1. The molecule has 116 valence electrons. The van der Waals surface area contributed by atoms with Crippen LogP contribution in [0.2, 0.25) is 0 Å². The average molecular weight is 308 g/mol. The number of carboxylic acid groups (broad SMARTS) is 1. The smallest absolute Gasteiger partial charge is 0.335 e. The van der Waals surface area contributed by atoms with Gasteiger partial charge in [0.05, 0.1) is 24.2 Å². The Morgan fingerprint density at radius 3 is 2.70 bits per heavy atom. The predicted molar refractivity (Wildman–Crippen MR) is 86.6 cm³/mol. The number of aromatic carboxylic acids is 1. The van der Waals surface area contributed by atoms with Crippen LogP contribution in [0, 0.1) is 0 Å². The van der Waals surface area contributed by atoms with Gasteiger partial charge in [0.2, 0.25) is 0 Å². The largest absolute Gasteiger partial charge is 0.493 e. The van der Waals surface area contributed by atoms with Crippen LogP contribution in [-0.2, 0) is 6.42 Å². The second-order valence-corrected chi connectivity index (χ2v) is 5.01. The molecular formula is C18H16N2O3. The molecule has 0 fully saturated rings. The molecule has 3 rings (SSSR count). The first-order valence-electron chi connectivity index (χ1n) is 7.28. The summed E-state index contributed by atoms with van der Waals surface area (Å²) in [5.74, 6) is -0.190. The van der Waals surface area contributed by atoms with Gasteiger partial charge in [0.25, 0.3) is 0 Å². The zero-order chi connectivity index (χ0) is 16.1. The third-order valence-electron chi connectivity index (χ3n) is 3.54. The molecule has 0 unspecified atom stereocenters. The van der Waals surface area contributed by atoms with E-state index in [0.29, 0.717) is 18.6 Å². The molecule has 0 amide bonds. The molecule has 0 aliphatic heterocycles. The van der Waals surface area contributed by atoms with E-state index in [-0.39, 0.29) is 0 Å². The Bertz CT molecular complexity index is 798. The van der Waals surface area contributed by atoms with Gasteiger partial charge < -0.3 is 14.8 Å². The van der Waals surface area contributed by atoms with Crippen LogP contribution in [0.3, 0.4) is 0 Å². The minimum Gasteiger partial charge on any atom is -0.493 e. The van der Waals surface area contributed by atoms with Crippen LogP contribution < -0.4 is 4.74 Å². The zero-order valence-electron chi connectivity index (χ0n) is 12.4. The van der Waals surface area contributed by atoms with Crippen LogP contribution in [0.15, 0.2) is 61.1 Å². The fraction of sp³-hybridized carbons (Fsp3) is 0.111. The summed E-state index contributed by atoms with van der Waals surface area (Å²) >= 11 is 0. The van der Waals surface area contributed by atoms with Gasteiger partial charge in [-0.2, -0.15) is 0 Å². The van der Waals surface area contributed by atoms with Gasteiger partial charge in [0.1, 0.15) is 5.75 Å². The molecule has 1 aromatic heterocycles. The highest BCUT2D eigenvalue weighted by atomic mass is 16.5. The van der Waals surface area contributed by atoms with Crippen molar-refractivity contribution in [1.29, 1.82) is 0 Å². The number of hydrogen-bond acceptors (Lipinski definition) is 3. The van der Waals surface area contributed by atoms with Gasteiger partial charge in [-0.3, -0.25) is 0 Å². The number of rotatable bonds is 6. The number of carbonyl (C=O) groups is 1. The number of para-hydroxylation sites is 1. The lowest BCUT2D eigenvalue weighted by atomic mass is 10.1. The number of H-pyrrole nitrogens is 1. The Morgan fingerprint density at radius 2 is 1.91 bits per heavy atom. The van der Waals surface area contributed by atoms with E-state index < -0.39 is 5.97 Å². The quantitative estimate of drug-likeness (QED) is 0.732. The third-order valence-corrected chi connectivity index (χ3v) is 3.54. The molecule has 0 spiro atoms. The van der Waals surface area contributed by atoms with Gasteiger partial charge in [-0.15, -0.1) is 0 Å². The van der Waals surface area contributed by atoms with Crippen LogP contribution in [0.25, 0.3) is 11.3 Å². The molecule has 0 saturated heterocycles. The molecular weight excluding hydrogens is 292 g/mol. The molecule has 0 aliphatic carbocycles. The summed E-state index contributed by atoms with van der Waals surface area (Å²) in [6.07, 6.45) is 3.95. The highest BCUT2D eigenvalue weighted by Gasteiger charge is 2.10. The van der Waals surface area contributed by atoms with Crippen molar-refractivity contribution in [2.45, 2.75) is 6.42 Å². The maximum Gasteiger partial charge on any atom is 0.335 e. The van der Waals surface area contributed by atoms with E-state index in [1.54, 1.807) is 18.5 Å². The lowest BCUT2D eigenvalue weighted by Crippen LogP contribution is -2.07. The number of benzene rings is 2. The normalized spacial score (nSPS) is 10.4. The fourth-order valence-corrected chi connectivity index (χ4v) is 2.43. The highest BCUT2D eigenvalue weighted by molar-refractivity contribution is 5.89. The number of carboxylic acids is 1. The Hall–Kier alpha value is -3.08. The summed E-state index contributed by atoms with van der Waals surface area (Å²) in [6.45, 7) is 0.395.